The van der Waals surface area contributed by atoms with E-state index in [2.05, 4.69) is 39.9 Å². The molecule has 0 aliphatic rings. The van der Waals surface area contributed by atoms with Gasteiger partial charge in [0.15, 0.2) is 21.7 Å². The van der Waals surface area contributed by atoms with Gasteiger partial charge >= 0.3 is 0 Å². The number of rotatable bonds is 5. The number of thiazole rings is 1. The molecule has 31 heavy (non-hydrogen) atoms. The van der Waals surface area contributed by atoms with E-state index in [1.807, 2.05) is 23.6 Å². The van der Waals surface area contributed by atoms with Gasteiger partial charge in [0, 0.05) is 16.5 Å². The highest BCUT2D eigenvalue weighted by molar-refractivity contribution is 7.80. The summed E-state index contributed by atoms with van der Waals surface area (Å²) >= 11 is 6.69. The number of carbonyl (C=O) groups is 1. The second-order valence-electron chi connectivity index (χ2n) is 6.58. The van der Waals surface area contributed by atoms with Crippen LogP contribution in [-0.2, 0) is 0 Å². The van der Waals surface area contributed by atoms with Crippen molar-refractivity contribution in [1.82, 2.24) is 10.3 Å². The molecule has 1 aromatic heterocycles. The molecule has 0 saturated heterocycles. The number of benzene rings is 3. The Bertz CT molecular complexity index is 1270. The standard InChI is InChI=1S/C23H19N3O3S2/c1-28-19-10-9-17(12-20(19)29-2)21(27)25-22(30)26-23-24-18(13-31-23)16-8-7-14-5-3-4-6-15(14)11-16/h3-13H,1-2H3,(H2,24,25,26,27,30). The number of amides is 1. The van der Waals surface area contributed by atoms with Crippen LogP contribution in [0.15, 0.2) is 66.0 Å². The molecular weight excluding hydrogens is 430 g/mol. The normalized spacial score (nSPS) is 10.5. The summed E-state index contributed by atoms with van der Waals surface area (Å²) in [5, 5.41) is 10.7. The predicted octanol–water partition coefficient (Wildman–Crippen LogP) is 5.11. The lowest BCUT2D eigenvalue weighted by molar-refractivity contribution is 0.0977. The van der Waals surface area contributed by atoms with E-state index in [9.17, 15) is 4.79 Å². The van der Waals surface area contributed by atoms with Crippen LogP contribution in [0.4, 0.5) is 5.13 Å². The predicted molar refractivity (Wildman–Crippen MR) is 128 cm³/mol. The first-order chi connectivity index (χ1) is 15.1. The lowest BCUT2D eigenvalue weighted by Crippen LogP contribution is -2.34. The quantitative estimate of drug-likeness (QED) is 0.413. The first-order valence-corrected chi connectivity index (χ1v) is 10.7. The van der Waals surface area contributed by atoms with Crippen molar-refractivity contribution in [2.24, 2.45) is 0 Å². The van der Waals surface area contributed by atoms with Gasteiger partial charge in [0.05, 0.1) is 19.9 Å². The van der Waals surface area contributed by atoms with Crippen LogP contribution < -0.4 is 20.1 Å². The van der Waals surface area contributed by atoms with E-state index in [1.54, 1.807) is 18.2 Å². The van der Waals surface area contributed by atoms with Gasteiger partial charge in [-0.1, -0.05) is 36.4 Å². The molecule has 3 aromatic carbocycles. The van der Waals surface area contributed by atoms with Crippen LogP contribution in [0.5, 0.6) is 11.5 Å². The summed E-state index contributed by atoms with van der Waals surface area (Å²) in [6, 6.07) is 19.3. The van der Waals surface area contributed by atoms with Gasteiger partial charge in [0.2, 0.25) is 0 Å². The summed E-state index contributed by atoms with van der Waals surface area (Å²) in [5.41, 5.74) is 2.26. The first-order valence-electron chi connectivity index (χ1n) is 9.36. The number of nitrogens with one attached hydrogen (secondary N) is 2. The van der Waals surface area contributed by atoms with E-state index < -0.39 is 0 Å². The number of hydrogen-bond acceptors (Lipinski definition) is 6. The van der Waals surface area contributed by atoms with Gasteiger partial charge in [-0.3, -0.25) is 10.1 Å². The van der Waals surface area contributed by atoms with Crippen molar-refractivity contribution < 1.29 is 14.3 Å². The number of nitrogens with zero attached hydrogens (tertiary/aromatic N) is 1. The molecule has 4 aromatic rings. The topological polar surface area (TPSA) is 72.5 Å². The largest absolute Gasteiger partial charge is 0.493 e. The van der Waals surface area contributed by atoms with Gasteiger partial charge in [0.1, 0.15) is 0 Å². The molecule has 6 nitrogen and oxygen atoms in total. The van der Waals surface area contributed by atoms with Crippen LogP contribution in [0, 0.1) is 0 Å². The molecule has 8 heteroatoms. The van der Waals surface area contributed by atoms with E-state index in [0.29, 0.717) is 22.2 Å². The van der Waals surface area contributed by atoms with Crippen LogP contribution in [0.1, 0.15) is 10.4 Å². The first kappa shape index (κ1) is 20.8. The van der Waals surface area contributed by atoms with E-state index in [-0.39, 0.29) is 11.0 Å². The lowest BCUT2D eigenvalue weighted by atomic mass is 10.1. The minimum atomic E-state index is -0.357. The van der Waals surface area contributed by atoms with Gasteiger partial charge in [-0.25, -0.2) is 4.98 Å². The van der Waals surface area contributed by atoms with E-state index in [0.717, 1.165) is 16.6 Å². The number of aromatic nitrogens is 1. The molecule has 4 rings (SSSR count). The zero-order valence-electron chi connectivity index (χ0n) is 16.8. The summed E-state index contributed by atoms with van der Waals surface area (Å²) in [6.07, 6.45) is 0. The molecule has 0 unspecified atom stereocenters. The molecule has 2 N–H and O–H groups in total. The van der Waals surface area contributed by atoms with E-state index >= 15 is 0 Å². The van der Waals surface area contributed by atoms with Gasteiger partial charge in [-0.05, 0) is 47.3 Å². The van der Waals surface area contributed by atoms with Crippen LogP contribution in [0.25, 0.3) is 22.0 Å². The highest BCUT2D eigenvalue weighted by Crippen LogP contribution is 2.29. The van der Waals surface area contributed by atoms with Crippen LogP contribution in [0.2, 0.25) is 0 Å². The van der Waals surface area contributed by atoms with Crippen molar-refractivity contribution in [3.05, 3.63) is 71.6 Å². The van der Waals surface area contributed by atoms with Crippen molar-refractivity contribution in [2.75, 3.05) is 19.5 Å². The van der Waals surface area contributed by atoms with Crippen molar-refractivity contribution in [2.45, 2.75) is 0 Å². The Morgan fingerprint density at radius 2 is 1.74 bits per heavy atom. The maximum absolute atomic E-state index is 12.5. The van der Waals surface area contributed by atoms with E-state index in [4.69, 9.17) is 21.7 Å². The van der Waals surface area contributed by atoms with Gasteiger partial charge in [0.25, 0.3) is 5.91 Å². The fraction of sp³-hybridized carbons (Fsp3) is 0.0870. The molecule has 0 spiro atoms. The zero-order chi connectivity index (χ0) is 21.8. The number of ether oxygens (including phenoxy) is 2. The second kappa shape index (κ2) is 9.11. The Labute approximate surface area is 188 Å². The maximum Gasteiger partial charge on any atom is 0.257 e. The highest BCUT2D eigenvalue weighted by atomic mass is 32.1. The Balaban J connectivity index is 1.43. The SMILES string of the molecule is COc1ccc(C(=O)NC(=S)Nc2nc(-c3ccc4ccccc4c3)cs2)cc1OC. The molecule has 156 valence electrons. The number of methoxy groups -OCH3 is 2. The highest BCUT2D eigenvalue weighted by Gasteiger charge is 2.13. The van der Waals surface area contributed by atoms with Gasteiger partial charge in [-0.2, -0.15) is 0 Å². The van der Waals surface area contributed by atoms with Crippen LogP contribution >= 0.6 is 23.6 Å². The molecule has 0 fully saturated rings. The van der Waals surface area contributed by atoms with Crippen molar-refractivity contribution in [3.8, 4) is 22.8 Å². The molecule has 0 bridgehead atoms. The van der Waals surface area contributed by atoms with Crippen molar-refractivity contribution in [3.63, 3.8) is 0 Å². The Hall–Kier alpha value is -3.49. The molecular formula is C23H19N3O3S2. The minimum Gasteiger partial charge on any atom is -0.493 e. The molecule has 1 amide bonds. The number of fused-ring (bicyclic) bond motifs is 1. The third-order valence-electron chi connectivity index (χ3n) is 4.64. The minimum absolute atomic E-state index is 0.166. The molecule has 0 saturated carbocycles. The lowest BCUT2D eigenvalue weighted by Gasteiger charge is -2.10. The van der Waals surface area contributed by atoms with Crippen LogP contribution in [-0.4, -0.2) is 30.2 Å². The number of hydrogen-bond donors (Lipinski definition) is 2. The van der Waals surface area contributed by atoms with Gasteiger partial charge < -0.3 is 14.8 Å². The molecule has 0 aliphatic heterocycles. The maximum atomic E-state index is 12.5. The molecule has 0 radical (unpaired) electrons. The fourth-order valence-electron chi connectivity index (χ4n) is 3.09. The van der Waals surface area contributed by atoms with E-state index in [1.165, 1.54) is 30.9 Å². The smallest absolute Gasteiger partial charge is 0.257 e. The molecule has 0 atom stereocenters. The zero-order valence-corrected chi connectivity index (χ0v) is 18.5. The summed E-state index contributed by atoms with van der Waals surface area (Å²) in [5.74, 6) is 0.655. The third-order valence-corrected chi connectivity index (χ3v) is 5.60. The number of thiocarbonyl (C=S) groups is 1. The number of anilines is 1. The Morgan fingerprint density at radius 3 is 2.52 bits per heavy atom. The average molecular weight is 450 g/mol. The van der Waals surface area contributed by atoms with Crippen LogP contribution in [0.3, 0.4) is 0 Å². The van der Waals surface area contributed by atoms with Crippen molar-refractivity contribution >= 4 is 50.5 Å². The summed E-state index contributed by atoms with van der Waals surface area (Å²) in [6.45, 7) is 0. The monoisotopic (exact) mass is 449 g/mol. The summed E-state index contributed by atoms with van der Waals surface area (Å²) < 4.78 is 10.4. The van der Waals surface area contributed by atoms with Crippen molar-refractivity contribution in [1.29, 1.82) is 0 Å². The summed E-state index contributed by atoms with van der Waals surface area (Å²) in [7, 11) is 3.05. The molecule has 1 heterocycles. The second-order valence-corrected chi connectivity index (χ2v) is 7.84. The fourth-order valence-corrected chi connectivity index (χ4v) is 4.07. The Morgan fingerprint density at radius 1 is 0.968 bits per heavy atom. The average Bonchev–Trinajstić information content (AvgIpc) is 3.26. The number of carbonyl (C=O) groups excluding carboxylic acids is 1. The third kappa shape index (κ3) is 4.65. The Kier molecular flexibility index (Phi) is 6.11. The summed E-state index contributed by atoms with van der Waals surface area (Å²) in [4.78, 5) is 17.1. The van der Waals surface area contributed by atoms with Gasteiger partial charge in [-0.15, -0.1) is 11.3 Å². The molecule has 0 aliphatic carbocycles.